The molecule has 1 aliphatic rings. The molecule has 0 bridgehead atoms. The first-order valence-corrected chi connectivity index (χ1v) is 7.66. The molecule has 0 amide bonds. The molecule has 0 spiro atoms. The molecule has 1 aromatic carbocycles. The molecule has 6 nitrogen and oxygen atoms in total. The van der Waals surface area contributed by atoms with E-state index in [1.54, 1.807) is 6.92 Å². The lowest BCUT2D eigenvalue weighted by Crippen LogP contribution is -2.41. The second kappa shape index (κ2) is 7.06. The normalized spacial score (nSPS) is 15.5. The van der Waals surface area contributed by atoms with Gasteiger partial charge in [-0.1, -0.05) is 6.07 Å². The fourth-order valence-corrected chi connectivity index (χ4v) is 2.50. The predicted octanol–water partition coefficient (Wildman–Crippen LogP) is 1.61. The quantitative estimate of drug-likeness (QED) is 0.888. The number of benzene rings is 1. The summed E-state index contributed by atoms with van der Waals surface area (Å²) in [6, 6.07) is 3.68. The third kappa shape index (κ3) is 3.60. The number of H-pyrrole nitrogens is 1. The van der Waals surface area contributed by atoms with Crippen LogP contribution in [0, 0.1) is 18.6 Å². The maximum atomic E-state index is 13.9. The summed E-state index contributed by atoms with van der Waals surface area (Å²) < 4.78 is 33.0. The Bertz CT molecular complexity index is 768. The summed E-state index contributed by atoms with van der Waals surface area (Å²) in [4.78, 5) is 19.0. The third-order valence-corrected chi connectivity index (χ3v) is 3.93. The van der Waals surface area contributed by atoms with Crippen molar-refractivity contribution in [2.75, 3.05) is 31.7 Å². The lowest BCUT2D eigenvalue weighted by molar-refractivity contribution is 0.0492. The molecule has 0 atom stereocenters. The van der Waals surface area contributed by atoms with Crippen LogP contribution in [0.3, 0.4) is 0 Å². The zero-order valence-electron chi connectivity index (χ0n) is 13.2. The average molecular weight is 336 g/mol. The van der Waals surface area contributed by atoms with E-state index < -0.39 is 11.6 Å². The predicted molar refractivity (Wildman–Crippen MR) is 84.8 cm³/mol. The van der Waals surface area contributed by atoms with Gasteiger partial charge in [-0.2, -0.15) is 0 Å². The summed E-state index contributed by atoms with van der Waals surface area (Å²) >= 11 is 0. The first kappa shape index (κ1) is 16.5. The minimum absolute atomic E-state index is 0.0912. The van der Waals surface area contributed by atoms with Crippen molar-refractivity contribution in [3.8, 4) is 0 Å². The largest absolute Gasteiger partial charge is 0.379 e. The van der Waals surface area contributed by atoms with Gasteiger partial charge < -0.3 is 4.74 Å². The Morgan fingerprint density at radius 2 is 1.96 bits per heavy atom. The Hall–Kier alpha value is -2.32. The van der Waals surface area contributed by atoms with E-state index in [9.17, 15) is 13.6 Å². The number of nitrogens with zero attached hydrogens (tertiary/aromatic N) is 2. The molecule has 24 heavy (non-hydrogen) atoms. The van der Waals surface area contributed by atoms with E-state index in [2.05, 4.69) is 15.4 Å². The zero-order chi connectivity index (χ0) is 17.1. The second-order valence-corrected chi connectivity index (χ2v) is 5.57. The second-order valence-electron chi connectivity index (χ2n) is 5.57. The van der Waals surface area contributed by atoms with E-state index >= 15 is 0 Å². The number of halogens is 2. The van der Waals surface area contributed by atoms with Gasteiger partial charge in [0.1, 0.15) is 11.6 Å². The number of aromatic amines is 1. The van der Waals surface area contributed by atoms with Crippen LogP contribution in [-0.4, -0.2) is 41.3 Å². The monoisotopic (exact) mass is 336 g/mol. The Morgan fingerprint density at radius 3 is 2.62 bits per heavy atom. The maximum absolute atomic E-state index is 13.9. The molecule has 3 rings (SSSR count). The van der Waals surface area contributed by atoms with Gasteiger partial charge in [0, 0.05) is 30.6 Å². The van der Waals surface area contributed by atoms with Crippen LogP contribution in [0.1, 0.15) is 16.8 Å². The number of anilines is 1. The van der Waals surface area contributed by atoms with Crippen molar-refractivity contribution >= 4 is 5.95 Å². The van der Waals surface area contributed by atoms with Gasteiger partial charge in [-0.05, 0) is 19.1 Å². The number of rotatable bonds is 4. The summed E-state index contributed by atoms with van der Waals surface area (Å²) in [7, 11) is 0. The summed E-state index contributed by atoms with van der Waals surface area (Å²) in [5.74, 6) is -1.06. The lowest BCUT2D eigenvalue weighted by atomic mass is 10.1. The smallest absolute Gasteiger partial charge is 0.255 e. The topological polar surface area (TPSA) is 70.2 Å². The fraction of sp³-hybridized carbons (Fsp3) is 0.375. The first-order chi connectivity index (χ1) is 11.5. The van der Waals surface area contributed by atoms with Crippen molar-refractivity contribution in [3.05, 3.63) is 57.0 Å². The Balaban J connectivity index is 1.88. The minimum Gasteiger partial charge on any atom is -0.379 e. The highest BCUT2D eigenvalue weighted by Crippen LogP contribution is 2.17. The zero-order valence-corrected chi connectivity index (χ0v) is 13.2. The molecule has 1 saturated heterocycles. The van der Waals surface area contributed by atoms with E-state index in [1.807, 2.05) is 5.01 Å². The Morgan fingerprint density at radius 1 is 1.29 bits per heavy atom. The molecule has 1 aromatic heterocycles. The van der Waals surface area contributed by atoms with Crippen molar-refractivity contribution in [1.82, 2.24) is 15.0 Å². The van der Waals surface area contributed by atoms with Gasteiger partial charge >= 0.3 is 0 Å². The number of hydrazine groups is 1. The van der Waals surface area contributed by atoms with Gasteiger partial charge in [0.05, 0.1) is 18.9 Å². The third-order valence-electron chi connectivity index (χ3n) is 3.93. The SMILES string of the molecule is Cc1c(Cc2c(F)cccc2F)nc(NN2CCOCC2)[nH]c1=O. The van der Waals surface area contributed by atoms with Crippen molar-refractivity contribution in [2.45, 2.75) is 13.3 Å². The van der Waals surface area contributed by atoms with Crippen molar-refractivity contribution in [1.29, 1.82) is 0 Å². The molecule has 2 heterocycles. The highest BCUT2D eigenvalue weighted by Gasteiger charge is 2.16. The van der Waals surface area contributed by atoms with Gasteiger partial charge in [-0.15, -0.1) is 0 Å². The number of morpholine rings is 1. The summed E-state index contributed by atoms with van der Waals surface area (Å²) in [5.41, 5.74) is 3.23. The molecule has 0 radical (unpaired) electrons. The van der Waals surface area contributed by atoms with Gasteiger partial charge in [0.15, 0.2) is 0 Å². The Kier molecular flexibility index (Phi) is 4.86. The molecule has 8 heteroatoms. The number of hydrogen-bond donors (Lipinski definition) is 2. The number of ether oxygens (including phenoxy) is 1. The molecule has 0 aliphatic carbocycles. The Labute approximate surface area is 137 Å². The number of aromatic nitrogens is 2. The molecule has 1 aliphatic heterocycles. The van der Waals surface area contributed by atoms with Crippen LogP contribution in [0.5, 0.6) is 0 Å². The number of hydrogen-bond acceptors (Lipinski definition) is 5. The molecular weight excluding hydrogens is 318 g/mol. The highest BCUT2D eigenvalue weighted by atomic mass is 19.1. The molecule has 0 saturated carbocycles. The van der Waals surface area contributed by atoms with Crippen molar-refractivity contribution in [2.24, 2.45) is 0 Å². The van der Waals surface area contributed by atoms with E-state index in [0.717, 1.165) is 0 Å². The summed E-state index contributed by atoms with van der Waals surface area (Å²) in [6.45, 7) is 4.04. The van der Waals surface area contributed by atoms with E-state index in [1.165, 1.54) is 18.2 Å². The fourth-order valence-electron chi connectivity index (χ4n) is 2.50. The van der Waals surface area contributed by atoms with Crippen LogP contribution >= 0.6 is 0 Å². The van der Waals surface area contributed by atoms with Crippen LogP contribution in [0.25, 0.3) is 0 Å². The van der Waals surface area contributed by atoms with Crippen LogP contribution in [0.4, 0.5) is 14.7 Å². The molecule has 1 fully saturated rings. The van der Waals surface area contributed by atoms with Crippen LogP contribution in [-0.2, 0) is 11.2 Å². The first-order valence-electron chi connectivity index (χ1n) is 7.66. The molecular formula is C16H18F2N4O2. The van der Waals surface area contributed by atoms with E-state index in [4.69, 9.17) is 4.74 Å². The molecule has 2 N–H and O–H groups in total. The van der Waals surface area contributed by atoms with E-state index in [0.29, 0.717) is 37.6 Å². The van der Waals surface area contributed by atoms with E-state index in [-0.39, 0.29) is 23.5 Å². The van der Waals surface area contributed by atoms with Crippen molar-refractivity contribution < 1.29 is 13.5 Å². The lowest BCUT2D eigenvalue weighted by Gasteiger charge is -2.27. The van der Waals surface area contributed by atoms with Gasteiger partial charge in [-0.25, -0.2) is 18.8 Å². The van der Waals surface area contributed by atoms with Crippen LogP contribution in [0.15, 0.2) is 23.0 Å². The summed E-state index contributed by atoms with van der Waals surface area (Å²) in [5, 5.41) is 1.87. The standard InChI is InChI=1S/C16H18F2N4O2/c1-10-14(9-11-12(17)3-2-4-13(11)18)19-16(20-15(10)23)21-22-5-7-24-8-6-22/h2-4H,5-9H2,1H3,(H2,19,20,21,23). The average Bonchev–Trinajstić information content (AvgIpc) is 2.56. The number of nitrogens with one attached hydrogen (secondary N) is 2. The van der Waals surface area contributed by atoms with Crippen LogP contribution < -0.4 is 11.0 Å². The van der Waals surface area contributed by atoms with Gasteiger partial charge in [0.25, 0.3) is 5.56 Å². The minimum atomic E-state index is -0.654. The van der Waals surface area contributed by atoms with Crippen LogP contribution in [0.2, 0.25) is 0 Å². The maximum Gasteiger partial charge on any atom is 0.255 e. The highest BCUT2D eigenvalue weighted by molar-refractivity contribution is 5.33. The van der Waals surface area contributed by atoms with Crippen molar-refractivity contribution in [3.63, 3.8) is 0 Å². The molecule has 128 valence electrons. The van der Waals surface area contributed by atoms with Gasteiger partial charge in [0.2, 0.25) is 5.95 Å². The summed E-state index contributed by atoms with van der Waals surface area (Å²) in [6.07, 6.45) is -0.0912. The molecule has 0 unspecified atom stereocenters. The molecule has 2 aromatic rings. The van der Waals surface area contributed by atoms with Gasteiger partial charge in [-0.3, -0.25) is 15.2 Å².